The number of hydrogen-bond acceptors (Lipinski definition) is 4. The van der Waals surface area contributed by atoms with Crippen LogP contribution in [0.4, 0.5) is 18.9 Å². The molecule has 1 aliphatic heterocycles. The molecule has 0 aliphatic carbocycles. The van der Waals surface area contributed by atoms with Gasteiger partial charge in [0.1, 0.15) is 5.01 Å². The number of aliphatic imine (C=N–C) groups is 1. The number of thiazole rings is 1. The van der Waals surface area contributed by atoms with E-state index in [0.717, 1.165) is 28.8 Å². The lowest BCUT2D eigenvalue weighted by molar-refractivity contribution is -0.140. The number of anilines is 1. The Morgan fingerprint density at radius 2 is 2.06 bits per heavy atom. The second kappa shape index (κ2) is 11.7. The summed E-state index contributed by atoms with van der Waals surface area (Å²) in [6.45, 7) is 3.80. The third-order valence-electron chi connectivity index (χ3n) is 4.61. The van der Waals surface area contributed by atoms with Gasteiger partial charge in [0.25, 0.3) is 0 Å². The van der Waals surface area contributed by atoms with Crippen LogP contribution in [-0.2, 0) is 23.9 Å². The highest BCUT2D eigenvalue weighted by atomic mass is 127. The van der Waals surface area contributed by atoms with Crippen molar-refractivity contribution >= 4 is 52.9 Å². The van der Waals surface area contributed by atoms with Gasteiger partial charge in [0, 0.05) is 37.1 Å². The molecule has 0 bridgehead atoms. The average Bonchev–Trinajstić information content (AvgIpc) is 3.36. The highest BCUT2D eigenvalue weighted by molar-refractivity contribution is 14.0. The number of nitrogens with zero attached hydrogens (tertiary/aromatic N) is 3. The minimum atomic E-state index is -4.44. The van der Waals surface area contributed by atoms with E-state index in [9.17, 15) is 18.0 Å². The molecule has 2 N–H and O–H groups in total. The van der Waals surface area contributed by atoms with Gasteiger partial charge in [0.15, 0.2) is 11.7 Å². The zero-order chi connectivity index (χ0) is 21.6. The van der Waals surface area contributed by atoms with Gasteiger partial charge in [0.2, 0.25) is 5.91 Å². The summed E-state index contributed by atoms with van der Waals surface area (Å²) in [5.41, 5.74) is 1.30. The summed E-state index contributed by atoms with van der Waals surface area (Å²) in [6, 6.07) is 7.93. The molecule has 170 valence electrons. The minimum Gasteiger partial charge on any atom is -0.357 e. The number of guanidine groups is 1. The molecule has 2 heterocycles. The second-order valence-corrected chi connectivity index (χ2v) is 7.72. The summed E-state index contributed by atoms with van der Waals surface area (Å²) in [5.74, 6) is 0.575. The number of carbonyl (C=O) groups excluding carboxylic acids is 1. The third-order valence-corrected chi connectivity index (χ3v) is 5.44. The molecule has 0 fully saturated rings. The summed E-state index contributed by atoms with van der Waals surface area (Å²) >= 11 is 0.933. The fraction of sp³-hybridized carbons (Fsp3) is 0.450. The Labute approximate surface area is 200 Å². The van der Waals surface area contributed by atoms with E-state index in [2.05, 4.69) is 20.6 Å². The first-order valence-corrected chi connectivity index (χ1v) is 10.7. The van der Waals surface area contributed by atoms with Crippen LogP contribution in [-0.4, -0.2) is 36.5 Å². The Morgan fingerprint density at radius 1 is 1.29 bits per heavy atom. The van der Waals surface area contributed by atoms with Gasteiger partial charge in [-0.05, 0) is 31.4 Å². The van der Waals surface area contributed by atoms with Crippen molar-refractivity contribution in [3.8, 4) is 0 Å². The fourth-order valence-electron chi connectivity index (χ4n) is 3.18. The molecule has 1 aliphatic rings. The van der Waals surface area contributed by atoms with E-state index in [-0.39, 0.29) is 36.4 Å². The summed E-state index contributed by atoms with van der Waals surface area (Å²) in [7, 11) is 0. The van der Waals surface area contributed by atoms with Gasteiger partial charge >= 0.3 is 6.18 Å². The number of nitrogens with one attached hydrogen (secondary N) is 2. The zero-order valence-electron chi connectivity index (χ0n) is 17.0. The molecule has 0 saturated heterocycles. The van der Waals surface area contributed by atoms with Gasteiger partial charge in [-0.1, -0.05) is 18.2 Å². The van der Waals surface area contributed by atoms with Crippen LogP contribution in [0.2, 0.25) is 0 Å². The van der Waals surface area contributed by atoms with Gasteiger partial charge in [-0.2, -0.15) is 13.2 Å². The quantitative estimate of drug-likeness (QED) is 0.228. The molecule has 3 rings (SSSR count). The van der Waals surface area contributed by atoms with Crippen LogP contribution in [0.25, 0.3) is 0 Å². The highest BCUT2D eigenvalue weighted by Crippen LogP contribution is 2.30. The topological polar surface area (TPSA) is 69.6 Å². The lowest BCUT2D eigenvalue weighted by Crippen LogP contribution is -2.38. The van der Waals surface area contributed by atoms with Crippen LogP contribution in [0.1, 0.15) is 36.0 Å². The van der Waals surface area contributed by atoms with Crippen molar-refractivity contribution in [1.29, 1.82) is 0 Å². The smallest absolute Gasteiger partial charge is 0.357 e. The Morgan fingerprint density at radius 3 is 2.77 bits per heavy atom. The maximum absolute atomic E-state index is 12.6. The molecule has 1 amide bonds. The van der Waals surface area contributed by atoms with Crippen molar-refractivity contribution in [3.63, 3.8) is 0 Å². The van der Waals surface area contributed by atoms with Gasteiger partial charge < -0.3 is 15.5 Å². The van der Waals surface area contributed by atoms with Crippen LogP contribution < -0.4 is 15.5 Å². The highest BCUT2D eigenvalue weighted by Gasteiger charge is 2.33. The van der Waals surface area contributed by atoms with Crippen molar-refractivity contribution in [2.24, 2.45) is 4.99 Å². The Bertz CT molecular complexity index is 903. The molecule has 0 saturated carbocycles. The molecule has 31 heavy (non-hydrogen) atoms. The lowest BCUT2D eigenvalue weighted by atomic mass is 10.2. The minimum absolute atomic E-state index is 0. The van der Waals surface area contributed by atoms with Crippen LogP contribution in [0.15, 0.2) is 34.6 Å². The van der Waals surface area contributed by atoms with E-state index in [1.54, 1.807) is 0 Å². The van der Waals surface area contributed by atoms with E-state index >= 15 is 0 Å². The summed E-state index contributed by atoms with van der Waals surface area (Å²) in [4.78, 5) is 22.2. The summed E-state index contributed by atoms with van der Waals surface area (Å²) < 4.78 is 37.9. The lowest BCUT2D eigenvalue weighted by Gasteiger charge is -2.17. The zero-order valence-corrected chi connectivity index (χ0v) is 20.2. The van der Waals surface area contributed by atoms with Crippen molar-refractivity contribution < 1.29 is 18.0 Å². The molecular weight excluding hydrogens is 542 g/mol. The molecule has 0 unspecified atom stereocenters. The number of amides is 1. The molecule has 0 radical (unpaired) electrons. The SMILES string of the molecule is CCNC(=NCc1nc(C(F)(F)F)cs1)NCCCC(=O)N1CCc2ccccc21.I. The predicted molar refractivity (Wildman–Crippen MR) is 127 cm³/mol. The van der Waals surface area contributed by atoms with E-state index in [4.69, 9.17) is 0 Å². The van der Waals surface area contributed by atoms with Gasteiger partial charge in [0.05, 0.1) is 6.54 Å². The van der Waals surface area contributed by atoms with E-state index in [0.29, 0.717) is 43.4 Å². The van der Waals surface area contributed by atoms with Crippen LogP contribution >= 0.6 is 35.3 Å². The van der Waals surface area contributed by atoms with Crippen LogP contribution in [0, 0.1) is 0 Å². The molecule has 0 atom stereocenters. The van der Waals surface area contributed by atoms with Crippen molar-refractivity contribution in [1.82, 2.24) is 15.6 Å². The maximum Gasteiger partial charge on any atom is 0.434 e. The van der Waals surface area contributed by atoms with Crippen molar-refractivity contribution in [3.05, 3.63) is 45.9 Å². The van der Waals surface area contributed by atoms with E-state index in [1.807, 2.05) is 36.1 Å². The predicted octanol–water partition coefficient (Wildman–Crippen LogP) is 4.20. The Balaban J connectivity index is 0.00000341. The molecule has 2 aromatic rings. The number of alkyl halides is 3. The first kappa shape index (κ1) is 25.4. The maximum atomic E-state index is 12.6. The fourth-order valence-corrected chi connectivity index (χ4v) is 3.90. The molecular formula is C20H25F3IN5OS. The largest absolute Gasteiger partial charge is 0.434 e. The number of rotatable bonds is 7. The van der Waals surface area contributed by atoms with Gasteiger partial charge in [-0.3, -0.25) is 4.79 Å². The van der Waals surface area contributed by atoms with Crippen molar-refractivity contribution in [2.75, 3.05) is 24.5 Å². The van der Waals surface area contributed by atoms with Gasteiger partial charge in [-0.25, -0.2) is 9.98 Å². The first-order valence-electron chi connectivity index (χ1n) is 9.80. The van der Waals surface area contributed by atoms with Gasteiger partial charge in [-0.15, -0.1) is 35.3 Å². The van der Waals surface area contributed by atoms with Crippen molar-refractivity contribution in [2.45, 2.75) is 38.9 Å². The molecule has 6 nitrogen and oxygen atoms in total. The Kier molecular flexibility index (Phi) is 9.54. The molecule has 1 aromatic carbocycles. The number of aromatic nitrogens is 1. The second-order valence-electron chi connectivity index (χ2n) is 6.77. The number of para-hydroxylation sites is 1. The molecule has 1 aromatic heterocycles. The Hall–Kier alpha value is -1.89. The average molecular weight is 567 g/mol. The first-order chi connectivity index (χ1) is 14.4. The molecule has 11 heteroatoms. The monoisotopic (exact) mass is 567 g/mol. The standard InChI is InChI=1S/C20H24F3N5OS.HI/c1-2-24-19(26-12-17-27-16(13-30-17)20(21,22)23)25-10-5-8-18(29)28-11-9-14-6-3-4-7-15(14)28;/h3-4,6-7,13H,2,5,8-12H2,1H3,(H2,24,25,26);1H. The van der Waals surface area contributed by atoms with E-state index < -0.39 is 11.9 Å². The summed E-state index contributed by atoms with van der Waals surface area (Å²) in [6.07, 6.45) is -2.53. The molecule has 0 spiro atoms. The normalized spacial score (nSPS) is 13.5. The number of carbonyl (C=O) groups is 1. The third kappa shape index (κ3) is 7.06. The van der Waals surface area contributed by atoms with Crippen LogP contribution in [0.5, 0.6) is 0 Å². The number of hydrogen-bond donors (Lipinski definition) is 2. The number of halogens is 4. The number of fused-ring (bicyclic) bond motifs is 1. The number of benzene rings is 1. The summed E-state index contributed by atoms with van der Waals surface area (Å²) in [5, 5.41) is 7.45. The van der Waals surface area contributed by atoms with Crippen LogP contribution in [0.3, 0.4) is 0 Å². The van der Waals surface area contributed by atoms with E-state index in [1.165, 1.54) is 5.56 Å².